The van der Waals surface area contributed by atoms with Crippen LogP contribution in [-0.2, 0) is 14.3 Å². The summed E-state index contributed by atoms with van der Waals surface area (Å²) < 4.78 is 76.4. The van der Waals surface area contributed by atoms with Gasteiger partial charge in [0.25, 0.3) is 6.47 Å². The molecule has 1 heterocycles. The molecule has 9 heteroatoms. The van der Waals surface area contributed by atoms with Crippen LogP contribution < -0.4 is 0 Å². The molecule has 1 aliphatic heterocycles. The van der Waals surface area contributed by atoms with E-state index in [1.165, 1.54) is 0 Å². The van der Waals surface area contributed by atoms with Gasteiger partial charge in [0.05, 0.1) is 6.10 Å². The van der Waals surface area contributed by atoms with Gasteiger partial charge >= 0.3 is 17.9 Å². The lowest BCUT2D eigenvalue weighted by molar-refractivity contribution is -0.491. The topological polar surface area (TPSA) is 55.8 Å². The van der Waals surface area contributed by atoms with Crippen molar-refractivity contribution >= 4 is 6.47 Å². The Balaban J connectivity index is 2.55. The number of ether oxygens (including phenoxy) is 2. The van der Waals surface area contributed by atoms with Gasteiger partial charge in [-0.2, -0.15) is 22.0 Å². The standard InChI is InChI=1S/C12H15F5O4/c1-9(20-6-18)7-4-2-3-5-8(7)21-11(19,10(9,13)14)12(15,16)17/h6-8,19H,2-5H2,1H3. The molecule has 2 aliphatic rings. The summed E-state index contributed by atoms with van der Waals surface area (Å²) >= 11 is 0. The summed E-state index contributed by atoms with van der Waals surface area (Å²) in [6, 6.07) is 0. The van der Waals surface area contributed by atoms with Crippen molar-refractivity contribution in [2.45, 2.75) is 62.2 Å². The minimum absolute atomic E-state index is 0.0803. The molecule has 122 valence electrons. The molecule has 1 saturated carbocycles. The fraction of sp³-hybridized carbons (Fsp3) is 0.917. The van der Waals surface area contributed by atoms with Crippen LogP contribution in [0.4, 0.5) is 22.0 Å². The maximum absolute atomic E-state index is 14.4. The first-order valence-corrected chi connectivity index (χ1v) is 6.47. The first-order valence-electron chi connectivity index (χ1n) is 6.47. The van der Waals surface area contributed by atoms with Crippen molar-refractivity contribution in [3.05, 3.63) is 0 Å². The third kappa shape index (κ3) is 2.04. The van der Waals surface area contributed by atoms with Crippen LogP contribution in [0, 0.1) is 5.92 Å². The number of hydrogen-bond acceptors (Lipinski definition) is 4. The maximum atomic E-state index is 14.4. The molecule has 4 atom stereocenters. The highest BCUT2D eigenvalue weighted by atomic mass is 19.4. The average molecular weight is 318 g/mol. The molecule has 0 aromatic carbocycles. The normalized spacial score (nSPS) is 43.0. The number of alkyl halides is 5. The van der Waals surface area contributed by atoms with Crippen molar-refractivity contribution in [1.82, 2.24) is 0 Å². The van der Waals surface area contributed by atoms with E-state index in [4.69, 9.17) is 0 Å². The number of fused-ring (bicyclic) bond motifs is 1. The predicted octanol–water partition coefficient (Wildman–Crippen LogP) is 2.39. The molecule has 1 aliphatic carbocycles. The third-order valence-electron chi connectivity index (χ3n) is 4.46. The maximum Gasteiger partial charge on any atom is 0.449 e. The smallest absolute Gasteiger partial charge is 0.449 e. The monoisotopic (exact) mass is 318 g/mol. The van der Waals surface area contributed by atoms with E-state index in [-0.39, 0.29) is 19.3 Å². The van der Waals surface area contributed by atoms with Crippen LogP contribution in [0.1, 0.15) is 32.6 Å². The first kappa shape index (κ1) is 16.4. The van der Waals surface area contributed by atoms with Crippen molar-refractivity contribution in [1.29, 1.82) is 0 Å². The van der Waals surface area contributed by atoms with Gasteiger partial charge in [0.1, 0.15) is 0 Å². The second-order valence-electron chi connectivity index (χ2n) is 5.58. The van der Waals surface area contributed by atoms with E-state index in [1.54, 1.807) is 0 Å². The second-order valence-corrected chi connectivity index (χ2v) is 5.58. The van der Waals surface area contributed by atoms with Crippen LogP contribution in [0.2, 0.25) is 0 Å². The van der Waals surface area contributed by atoms with Crippen LogP contribution >= 0.6 is 0 Å². The molecule has 21 heavy (non-hydrogen) atoms. The molecular formula is C12H15F5O4. The summed E-state index contributed by atoms with van der Waals surface area (Å²) in [5.41, 5.74) is -2.79. The predicted molar refractivity (Wildman–Crippen MR) is 58.3 cm³/mol. The molecule has 0 radical (unpaired) electrons. The summed E-state index contributed by atoms with van der Waals surface area (Å²) in [6.45, 7) is 0.394. The SMILES string of the molecule is CC1(OC=O)C2CCCCC2OC(O)(C(F)(F)F)C1(F)F. The first-order chi connectivity index (χ1) is 9.51. The molecule has 0 aromatic heterocycles. The zero-order valence-corrected chi connectivity index (χ0v) is 11.1. The second kappa shape index (κ2) is 4.77. The van der Waals surface area contributed by atoms with Crippen LogP contribution in [-0.4, -0.2) is 41.2 Å². The highest BCUT2D eigenvalue weighted by molar-refractivity contribution is 5.39. The number of carbonyl (C=O) groups excluding carboxylic acids is 1. The van der Waals surface area contributed by atoms with E-state index >= 15 is 0 Å². The minimum Gasteiger partial charge on any atom is -0.454 e. The summed E-state index contributed by atoms with van der Waals surface area (Å²) in [6.07, 6.45) is -5.79. The largest absolute Gasteiger partial charge is 0.454 e. The number of hydrogen-bond donors (Lipinski definition) is 1. The number of halogens is 5. The molecule has 2 fully saturated rings. The Hall–Kier alpha value is -0.960. The fourth-order valence-electron chi connectivity index (χ4n) is 3.24. The average Bonchev–Trinajstić information content (AvgIpc) is 2.36. The highest BCUT2D eigenvalue weighted by Crippen LogP contribution is 2.59. The Morgan fingerprint density at radius 2 is 1.86 bits per heavy atom. The Labute approximate surface area is 117 Å². The van der Waals surface area contributed by atoms with Gasteiger partial charge in [0.15, 0.2) is 5.60 Å². The van der Waals surface area contributed by atoms with Gasteiger partial charge in [-0.15, -0.1) is 0 Å². The highest BCUT2D eigenvalue weighted by Gasteiger charge is 2.83. The van der Waals surface area contributed by atoms with E-state index in [1.807, 2.05) is 0 Å². The molecule has 4 unspecified atom stereocenters. The Morgan fingerprint density at radius 1 is 1.29 bits per heavy atom. The summed E-state index contributed by atoms with van der Waals surface area (Å²) in [5, 5.41) is 9.54. The van der Waals surface area contributed by atoms with Crippen molar-refractivity contribution < 1.29 is 41.3 Å². The fourth-order valence-corrected chi connectivity index (χ4v) is 3.24. The lowest BCUT2D eigenvalue weighted by Gasteiger charge is -2.56. The number of carbonyl (C=O) groups is 1. The van der Waals surface area contributed by atoms with Gasteiger partial charge in [-0.1, -0.05) is 12.8 Å². The van der Waals surface area contributed by atoms with Crippen LogP contribution in [0.5, 0.6) is 0 Å². The van der Waals surface area contributed by atoms with E-state index in [9.17, 15) is 31.9 Å². The van der Waals surface area contributed by atoms with E-state index in [0.29, 0.717) is 19.8 Å². The summed E-state index contributed by atoms with van der Waals surface area (Å²) in [7, 11) is 0. The van der Waals surface area contributed by atoms with Crippen molar-refractivity contribution in [3.63, 3.8) is 0 Å². The quantitative estimate of drug-likeness (QED) is 0.627. The zero-order chi connectivity index (χ0) is 16.1. The summed E-state index contributed by atoms with van der Waals surface area (Å²) in [4.78, 5) is 10.5. The van der Waals surface area contributed by atoms with E-state index in [0.717, 1.165) is 0 Å². The Kier molecular flexibility index (Phi) is 3.73. The molecule has 2 rings (SSSR count). The molecular weight excluding hydrogens is 303 g/mol. The third-order valence-corrected chi connectivity index (χ3v) is 4.46. The van der Waals surface area contributed by atoms with Gasteiger partial charge in [0.2, 0.25) is 0 Å². The van der Waals surface area contributed by atoms with Gasteiger partial charge < -0.3 is 14.6 Å². The lowest BCUT2D eigenvalue weighted by Crippen LogP contribution is -2.77. The van der Waals surface area contributed by atoms with Crippen molar-refractivity contribution in [3.8, 4) is 0 Å². The van der Waals surface area contributed by atoms with Gasteiger partial charge in [-0.25, -0.2) is 0 Å². The summed E-state index contributed by atoms with van der Waals surface area (Å²) in [5.74, 6) is -10.6. The Morgan fingerprint density at radius 3 is 2.38 bits per heavy atom. The molecule has 0 bridgehead atoms. The Bertz CT molecular complexity index is 426. The molecule has 1 N–H and O–H groups in total. The molecule has 0 aromatic rings. The lowest BCUT2D eigenvalue weighted by atomic mass is 9.68. The van der Waals surface area contributed by atoms with Crippen LogP contribution in [0.3, 0.4) is 0 Å². The molecule has 0 spiro atoms. The van der Waals surface area contributed by atoms with E-state index < -0.39 is 35.5 Å². The van der Waals surface area contributed by atoms with Crippen molar-refractivity contribution in [2.24, 2.45) is 5.92 Å². The minimum atomic E-state index is -5.73. The van der Waals surface area contributed by atoms with Crippen LogP contribution in [0.25, 0.3) is 0 Å². The molecule has 4 nitrogen and oxygen atoms in total. The van der Waals surface area contributed by atoms with Gasteiger partial charge in [0, 0.05) is 5.92 Å². The number of rotatable bonds is 2. The zero-order valence-electron chi connectivity index (χ0n) is 11.1. The van der Waals surface area contributed by atoms with Crippen molar-refractivity contribution in [2.75, 3.05) is 0 Å². The van der Waals surface area contributed by atoms with Crippen LogP contribution in [0.15, 0.2) is 0 Å². The molecule has 1 saturated heterocycles. The number of aliphatic hydroxyl groups is 1. The van der Waals surface area contributed by atoms with Gasteiger partial charge in [-0.05, 0) is 19.8 Å². The van der Waals surface area contributed by atoms with E-state index in [2.05, 4.69) is 9.47 Å². The molecule has 0 amide bonds. The van der Waals surface area contributed by atoms with Gasteiger partial charge in [-0.3, -0.25) is 4.79 Å².